The van der Waals surface area contributed by atoms with Crippen molar-refractivity contribution in [2.24, 2.45) is 0 Å². The Morgan fingerprint density at radius 3 is 2.28 bits per heavy atom. The van der Waals surface area contributed by atoms with E-state index in [1.54, 1.807) is 24.3 Å². The van der Waals surface area contributed by atoms with E-state index >= 15 is 0 Å². The number of anilines is 1. The van der Waals surface area contributed by atoms with E-state index in [0.717, 1.165) is 21.9 Å². The molecule has 0 aromatic heterocycles. The van der Waals surface area contributed by atoms with Gasteiger partial charge in [0.05, 0.1) is 20.6 Å². The van der Waals surface area contributed by atoms with Crippen molar-refractivity contribution in [1.82, 2.24) is 10.2 Å². The van der Waals surface area contributed by atoms with Crippen LogP contribution >= 0.6 is 23.2 Å². The molecule has 0 heterocycles. The monoisotopic (exact) mass is 589 g/mol. The van der Waals surface area contributed by atoms with Crippen LogP contribution in [0.15, 0.2) is 77.7 Å². The summed E-state index contributed by atoms with van der Waals surface area (Å²) in [6, 6.07) is 19.2. The summed E-state index contributed by atoms with van der Waals surface area (Å²) in [7, 11) is -4.23. The van der Waals surface area contributed by atoms with Crippen molar-refractivity contribution in [3.8, 4) is 0 Å². The maximum absolute atomic E-state index is 14.0. The SMILES string of the molecule is CCCNC(=O)[C@@H](CC)N(Cc1cccc(C)c1)C(=O)CN(c1cccc(Cl)c1Cl)S(=O)(=O)c1ccccc1. The Morgan fingerprint density at radius 2 is 1.64 bits per heavy atom. The molecule has 2 amide bonds. The molecule has 10 heteroatoms. The Labute approximate surface area is 240 Å². The number of rotatable bonds is 12. The fourth-order valence-corrected chi connectivity index (χ4v) is 6.11. The highest BCUT2D eigenvalue weighted by Crippen LogP contribution is 2.35. The van der Waals surface area contributed by atoms with E-state index in [4.69, 9.17) is 23.2 Å². The lowest BCUT2D eigenvalue weighted by Gasteiger charge is -2.33. The standard InChI is InChI=1S/C29H33Cl2N3O4S/c1-4-17-32-29(36)25(5-2)33(19-22-12-9-11-21(3)18-22)27(35)20-34(26-16-10-15-24(30)28(26)31)39(37,38)23-13-7-6-8-14-23/h6-16,18,25H,4-5,17,19-20H2,1-3H3,(H,32,36)/t25-/m1/s1. The molecule has 3 aromatic carbocycles. The van der Waals surface area contributed by atoms with Gasteiger partial charge in [-0.05, 0) is 49.6 Å². The minimum atomic E-state index is -4.23. The number of hydrogen-bond acceptors (Lipinski definition) is 4. The Balaban J connectivity index is 2.08. The van der Waals surface area contributed by atoms with Crippen LogP contribution in [0.25, 0.3) is 0 Å². The van der Waals surface area contributed by atoms with Crippen molar-refractivity contribution in [3.63, 3.8) is 0 Å². The molecule has 7 nitrogen and oxygen atoms in total. The number of amides is 2. The number of nitrogens with one attached hydrogen (secondary N) is 1. The van der Waals surface area contributed by atoms with Gasteiger partial charge in [-0.15, -0.1) is 0 Å². The van der Waals surface area contributed by atoms with Crippen LogP contribution in [0.1, 0.15) is 37.8 Å². The number of carbonyl (C=O) groups excluding carboxylic acids is 2. The molecule has 0 fully saturated rings. The summed E-state index contributed by atoms with van der Waals surface area (Å²) < 4.78 is 28.6. The van der Waals surface area contributed by atoms with Crippen molar-refractivity contribution in [2.75, 3.05) is 17.4 Å². The van der Waals surface area contributed by atoms with Gasteiger partial charge in [0.25, 0.3) is 10.0 Å². The fraction of sp³-hybridized carbons (Fsp3) is 0.310. The third kappa shape index (κ3) is 7.53. The molecule has 0 aliphatic heterocycles. The predicted molar refractivity (Wildman–Crippen MR) is 157 cm³/mol. The molecule has 0 radical (unpaired) electrons. The molecule has 0 unspecified atom stereocenters. The van der Waals surface area contributed by atoms with E-state index in [2.05, 4.69) is 5.32 Å². The number of sulfonamides is 1. The average Bonchev–Trinajstić information content (AvgIpc) is 2.92. The number of aryl methyl sites for hydroxylation is 1. The first-order valence-electron chi connectivity index (χ1n) is 12.7. The molecule has 1 N–H and O–H groups in total. The zero-order chi connectivity index (χ0) is 28.6. The van der Waals surface area contributed by atoms with Crippen LogP contribution in [0, 0.1) is 6.92 Å². The summed E-state index contributed by atoms with van der Waals surface area (Å²) in [5.74, 6) is -0.843. The van der Waals surface area contributed by atoms with E-state index in [1.165, 1.54) is 29.2 Å². The second-order valence-electron chi connectivity index (χ2n) is 9.12. The van der Waals surface area contributed by atoms with Crippen molar-refractivity contribution < 1.29 is 18.0 Å². The van der Waals surface area contributed by atoms with Gasteiger partial charge < -0.3 is 10.2 Å². The molecule has 3 rings (SSSR count). The zero-order valence-electron chi connectivity index (χ0n) is 22.2. The Hall–Kier alpha value is -3.07. The third-order valence-corrected chi connectivity index (χ3v) is 8.76. The van der Waals surface area contributed by atoms with Crippen LogP contribution in [0.3, 0.4) is 0 Å². The third-order valence-electron chi connectivity index (χ3n) is 6.18. The van der Waals surface area contributed by atoms with E-state index in [-0.39, 0.29) is 33.1 Å². The first kappa shape index (κ1) is 30.5. The van der Waals surface area contributed by atoms with Gasteiger partial charge in [-0.2, -0.15) is 0 Å². The normalized spacial score (nSPS) is 12.0. The lowest BCUT2D eigenvalue weighted by molar-refractivity contribution is -0.140. The molecular weight excluding hydrogens is 557 g/mol. The maximum atomic E-state index is 14.0. The highest BCUT2D eigenvalue weighted by Gasteiger charge is 2.34. The van der Waals surface area contributed by atoms with Gasteiger partial charge in [0.15, 0.2) is 0 Å². The van der Waals surface area contributed by atoms with Crippen LogP contribution in [0.4, 0.5) is 5.69 Å². The largest absolute Gasteiger partial charge is 0.354 e. The minimum absolute atomic E-state index is 0.00411. The Bertz CT molecular complexity index is 1400. The molecule has 0 aliphatic rings. The van der Waals surface area contributed by atoms with E-state index < -0.39 is 28.5 Å². The van der Waals surface area contributed by atoms with Crippen molar-refractivity contribution in [3.05, 3.63) is 94.0 Å². The highest BCUT2D eigenvalue weighted by molar-refractivity contribution is 7.92. The van der Waals surface area contributed by atoms with E-state index in [1.807, 2.05) is 45.0 Å². The Morgan fingerprint density at radius 1 is 0.949 bits per heavy atom. The average molecular weight is 591 g/mol. The fourth-order valence-electron chi connectivity index (χ4n) is 4.21. The number of nitrogens with zero attached hydrogens (tertiary/aromatic N) is 2. The number of hydrogen-bond donors (Lipinski definition) is 1. The molecular formula is C29H33Cl2N3O4S. The summed E-state index contributed by atoms with van der Waals surface area (Å²) in [5.41, 5.74) is 1.89. The van der Waals surface area contributed by atoms with Crippen molar-refractivity contribution in [1.29, 1.82) is 0 Å². The lowest BCUT2D eigenvalue weighted by atomic mass is 10.1. The topological polar surface area (TPSA) is 86.8 Å². The maximum Gasteiger partial charge on any atom is 0.264 e. The second kappa shape index (κ2) is 13.8. The zero-order valence-corrected chi connectivity index (χ0v) is 24.6. The summed E-state index contributed by atoms with van der Waals surface area (Å²) in [6.07, 6.45) is 1.08. The summed E-state index contributed by atoms with van der Waals surface area (Å²) in [5, 5.41) is 3.02. The van der Waals surface area contributed by atoms with Crippen LogP contribution in [-0.4, -0.2) is 44.3 Å². The first-order chi connectivity index (χ1) is 18.6. The van der Waals surface area contributed by atoms with E-state index in [9.17, 15) is 18.0 Å². The van der Waals surface area contributed by atoms with Crippen LogP contribution < -0.4 is 9.62 Å². The van der Waals surface area contributed by atoms with Crippen molar-refractivity contribution in [2.45, 2.75) is 51.1 Å². The Kier molecular flexibility index (Phi) is 10.8. The van der Waals surface area contributed by atoms with Crippen LogP contribution in [-0.2, 0) is 26.2 Å². The van der Waals surface area contributed by atoms with Gasteiger partial charge in [0.1, 0.15) is 12.6 Å². The van der Waals surface area contributed by atoms with Crippen LogP contribution in [0.2, 0.25) is 10.0 Å². The first-order valence-corrected chi connectivity index (χ1v) is 14.9. The summed E-state index contributed by atoms with van der Waals surface area (Å²) in [6.45, 7) is 5.71. The number of halogens is 2. The van der Waals surface area contributed by atoms with Gasteiger partial charge in [0, 0.05) is 13.1 Å². The molecule has 0 spiro atoms. The van der Waals surface area contributed by atoms with Gasteiger partial charge in [-0.25, -0.2) is 8.42 Å². The highest BCUT2D eigenvalue weighted by atomic mass is 35.5. The molecule has 0 saturated carbocycles. The van der Waals surface area contributed by atoms with Gasteiger partial charge in [0.2, 0.25) is 11.8 Å². The summed E-state index contributed by atoms with van der Waals surface area (Å²) in [4.78, 5) is 28.6. The molecule has 39 heavy (non-hydrogen) atoms. The lowest BCUT2D eigenvalue weighted by Crippen LogP contribution is -2.52. The summed E-state index contributed by atoms with van der Waals surface area (Å²) >= 11 is 12.7. The van der Waals surface area contributed by atoms with Crippen molar-refractivity contribution >= 4 is 50.7 Å². The smallest absolute Gasteiger partial charge is 0.264 e. The molecule has 3 aromatic rings. The molecule has 208 valence electrons. The van der Waals surface area contributed by atoms with Gasteiger partial charge >= 0.3 is 0 Å². The van der Waals surface area contributed by atoms with E-state index in [0.29, 0.717) is 13.0 Å². The molecule has 0 bridgehead atoms. The second-order valence-corrected chi connectivity index (χ2v) is 11.8. The molecule has 1 atom stereocenters. The molecule has 0 saturated heterocycles. The number of carbonyl (C=O) groups is 2. The quantitative estimate of drug-likeness (QED) is 0.288. The molecule has 0 aliphatic carbocycles. The number of benzene rings is 3. The van der Waals surface area contributed by atoms with Gasteiger partial charge in [-0.1, -0.05) is 91.1 Å². The van der Waals surface area contributed by atoms with Crippen LogP contribution in [0.5, 0.6) is 0 Å². The van der Waals surface area contributed by atoms with Gasteiger partial charge in [-0.3, -0.25) is 13.9 Å². The minimum Gasteiger partial charge on any atom is -0.354 e. The predicted octanol–water partition coefficient (Wildman–Crippen LogP) is 5.83.